The lowest BCUT2D eigenvalue weighted by atomic mass is 10.1. The Morgan fingerprint density at radius 1 is 1.08 bits per heavy atom. The summed E-state index contributed by atoms with van der Waals surface area (Å²) in [4.78, 5) is 2.99. The van der Waals surface area contributed by atoms with Crippen molar-refractivity contribution in [3.05, 3.63) is 76.9 Å². The summed E-state index contributed by atoms with van der Waals surface area (Å²) in [6, 6.07) is 18.0. The molecule has 25 heavy (non-hydrogen) atoms. The number of halogens is 1. The normalized spacial score (nSPS) is 15.1. The van der Waals surface area contributed by atoms with Gasteiger partial charge < -0.3 is 15.0 Å². The average Bonchev–Trinajstić information content (AvgIpc) is 2.67. The maximum absolute atomic E-state index is 6.03. The van der Waals surface area contributed by atoms with Gasteiger partial charge in [-0.3, -0.25) is 0 Å². The Labute approximate surface area is 159 Å². The average molecular weight is 373 g/mol. The van der Waals surface area contributed by atoms with Gasteiger partial charge in [-0.15, -0.1) is 0 Å². The molecule has 0 saturated carbocycles. The molecule has 2 aromatic carbocycles. The van der Waals surface area contributed by atoms with Gasteiger partial charge in [-0.1, -0.05) is 66.3 Å². The fourth-order valence-corrected chi connectivity index (χ4v) is 3.02. The van der Waals surface area contributed by atoms with E-state index in [-0.39, 0.29) is 0 Å². The molecule has 1 heterocycles. The first-order chi connectivity index (χ1) is 12.2. The zero-order valence-electron chi connectivity index (χ0n) is 14.0. The zero-order valence-corrected chi connectivity index (χ0v) is 15.5. The smallest absolute Gasteiger partial charge is 0.108 e. The Bertz CT molecular complexity index is 725. The van der Waals surface area contributed by atoms with Crippen molar-refractivity contribution in [3.8, 4) is 0 Å². The van der Waals surface area contributed by atoms with Gasteiger partial charge in [0.15, 0.2) is 0 Å². The molecule has 3 nitrogen and oxygen atoms in total. The number of ether oxygens (including phenoxy) is 1. The topological polar surface area (TPSA) is 24.5 Å². The van der Waals surface area contributed by atoms with E-state index >= 15 is 0 Å². The van der Waals surface area contributed by atoms with Crippen LogP contribution in [0.4, 0.5) is 0 Å². The molecular weight excluding hydrogens is 352 g/mol. The number of nitrogens with one attached hydrogen (secondary N) is 1. The molecule has 3 rings (SSSR count). The second-order valence-corrected chi connectivity index (χ2v) is 6.71. The minimum atomic E-state index is 0.702. The van der Waals surface area contributed by atoms with E-state index in [1.807, 2.05) is 42.5 Å². The number of nitrogens with zero attached hydrogens (tertiary/aromatic N) is 1. The van der Waals surface area contributed by atoms with Crippen LogP contribution in [0.15, 0.2) is 60.8 Å². The number of hydrogen-bond acceptors (Lipinski definition) is 3. The molecule has 1 N–H and O–H groups in total. The minimum Gasteiger partial charge on any atom is -0.378 e. The lowest BCUT2D eigenvalue weighted by Crippen LogP contribution is -2.33. The van der Waals surface area contributed by atoms with Crippen LogP contribution >= 0.6 is 23.8 Å². The first kappa shape index (κ1) is 17.9. The van der Waals surface area contributed by atoms with Crippen LogP contribution in [-0.4, -0.2) is 36.2 Å². The van der Waals surface area contributed by atoms with Crippen LogP contribution in [0.3, 0.4) is 0 Å². The number of morpholine rings is 1. The van der Waals surface area contributed by atoms with Crippen LogP contribution in [0.1, 0.15) is 11.1 Å². The predicted octanol–water partition coefficient (Wildman–Crippen LogP) is 4.13. The van der Waals surface area contributed by atoms with Crippen LogP contribution in [0.25, 0.3) is 5.57 Å². The van der Waals surface area contributed by atoms with Gasteiger partial charge in [0.05, 0.1) is 13.2 Å². The van der Waals surface area contributed by atoms with Gasteiger partial charge >= 0.3 is 0 Å². The van der Waals surface area contributed by atoms with E-state index in [4.69, 9.17) is 28.6 Å². The third kappa shape index (κ3) is 5.30. The predicted molar refractivity (Wildman–Crippen MR) is 108 cm³/mol. The maximum Gasteiger partial charge on any atom is 0.108 e. The van der Waals surface area contributed by atoms with Crippen molar-refractivity contribution in [3.63, 3.8) is 0 Å². The first-order valence-electron chi connectivity index (χ1n) is 8.34. The number of benzene rings is 2. The van der Waals surface area contributed by atoms with Crippen LogP contribution in [0.2, 0.25) is 5.02 Å². The van der Waals surface area contributed by atoms with Gasteiger partial charge in [-0.05, 0) is 23.3 Å². The summed E-state index contributed by atoms with van der Waals surface area (Å²) in [6.07, 6.45) is 2.13. The molecule has 130 valence electrons. The fraction of sp³-hybridized carbons (Fsp3) is 0.250. The molecule has 1 aliphatic heterocycles. The van der Waals surface area contributed by atoms with E-state index in [0.29, 0.717) is 6.54 Å². The summed E-state index contributed by atoms with van der Waals surface area (Å²) in [7, 11) is 0. The quantitative estimate of drug-likeness (QED) is 0.630. The molecule has 0 amide bonds. The second kappa shape index (κ2) is 8.99. The lowest BCUT2D eigenvalue weighted by molar-refractivity contribution is 0.0597. The van der Waals surface area contributed by atoms with Crippen molar-refractivity contribution < 1.29 is 4.74 Å². The highest BCUT2D eigenvalue weighted by atomic mass is 35.5. The molecule has 1 aliphatic rings. The molecule has 0 aromatic heterocycles. The number of rotatable bonds is 5. The molecule has 1 fully saturated rings. The van der Waals surface area contributed by atoms with E-state index in [1.165, 1.54) is 5.56 Å². The van der Waals surface area contributed by atoms with Gasteiger partial charge in [-0.25, -0.2) is 0 Å². The molecule has 5 heteroatoms. The van der Waals surface area contributed by atoms with Crippen molar-refractivity contribution in [2.24, 2.45) is 0 Å². The zero-order chi connectivity index (χ0) is 17.5. The van der Waals surface area contributed by atoms with Gasteiger partial charge in [-0.2, -0.15) is 0 Å². The van der Waals surface area contributed by atoms with E-state index in [1.54, 1.807) is 0 Å². The summed E-state index contributed by atoms with van der Waals surface area (Å²) < 4.78 is 5.43. The number of hydrogen-bond donors (Lipinski definition) is 1. The van der Waals surface area contributed by atoms with Crippen molar-refractivity contribution >= 4 is 34.4 Å². The van der Waals surface area contributed by atoms with Crippen molar-refractivity contribution in [2.75, 3.05) is 26.3 Å². The molecule has 0 unspecified atom stereocenters. The summed E-state index contributed by atoms with van der Waals surface area (Å²) in [5.74, 6) is 0. The minimum absolute atomic E-state index is 0.702. The Kier molecular flexibility index (Phi) is 6.45. The molecule has 0 bridgehead atoms. The third-order valence-electron chi connectivity index (χ3n) is 4.05. The highest BCUT2D eigenvalue weighted by molar-refractivity contribution is 7.81. The van der Waals surface area contributed by atoms with Gasteiger partial charge in [0.2, 0.25) is 0 Å². The Morgan fingerprint density at radius 2 is 1.76 bits per heavy atom. The van der Waals surface area contributed by atoms with Gasteiger partial charge in [0.25, 0.3) is 0 Å². The molecule has 1 saturated heterocycles. The lowest BCUT2D eigenvalue weighted by Gasteiger charge is -2.27. The third-order valence-corrected chi connectivity index (χ3v) is 4.67. The van der Waals surface area contributed by atoms with Crippen LogP contribution in [0.5, 0.6) is 0 Å². The molecule has 2 aromatic rings. The summed E-state index contributed by atoms with van der Waals surface area (Å²) in [5.41, 5.74) is 3.26. The Hall–Kier alpha value is -1.88. The summed E-state index contributed by atoms with van der Waals surface area (Å²) in [6.45, 7) is 3.94. The highest BCUT2D eigenvalue weighted by Crippen LogP contribution is 2.20. The number of thiocarbonyl (C=S) groups is 1. The van der Waals surface area contributed by atoms with Crippen molar-refractivity contribution in [1.29, 1.82) is 0 Å². The second-order valence-electron chi connectivity index (χ2n) is 5.87. The Morgan fingerprint density at radius 3 is 2.44 bits per heavy atom. The van der Waals surface area contributed by atoms with Crippen LogP contribution in [0, 0.1) is 0 Å². The van der Waals surface area contributed by atoms with Crippen LogP contribution in [-0.2, 0) is 11.3 Å². The van der Waals surface area contributed by atoms with Crippen molar-refractivity contribution in [2.45, 2.75) is 6.54 Å². The fourth-order valence-electron chi connectivity index (χ4n) is 2.66. The first-order valence-corrected chi connectivity index (χ1v) is 9.13. The Balaban J connectivity index is 1.78. The van der Waals surface area contributed by atoms with E-state index in [9.17, 15) is 0 Å². The molecule has 0 atom stereocenters. The highest BCUT2D eigenvalue weighted by Gasteiger charge is 2.13. The van der Waals surface area contributed by atoms with E-state index in [2.05, 4.69) is 28.5 Å². The van der Waals surface area contributed by atoms with Gasteiger partial charge in [0.1, 0.15) is 4.99 Å². The molecular formula is C20H21ClN2OS. The molecule has 0 radical (unpaired) electrons. The standard InChI is InChI=1S/C20H21ClN2OS/c21-18-8-6-17(7-9-18)19(15-23-10-12-24-13-11-23)20(25)22-14-16-4-2-1-3-5-16/h1-9,15H,10-14H2,(H,22,25)/b19-15-. The molecule has 0 aliphatic carbocycles. The summed E-state index contributed by atoms with van der Waals surface area (Å²) >= 11 is 11.7. The van der Waals surface area contributed by atoms with Gasteiger partial charge in [0, 0.05) is 36.4 Å². The van der Waals surface area contributed by atoms with Crippen LogP contribution < -0.4 is 5.32 Å². The molecule has 0 spiro atoms. The van der Waals surface area contributed by atoms with E-state index < -0.39 is 0 Å². The SMILES string of the molecule is S=C(NCc1ccccc1)/C(=C\N1CCOCC1)c1ccc(Cl)cc1. The van der Waals surface area contributed by atoms with E-state index in [0.717, 1.165) is 47.5 Å². The monoisotopic (exact) mass is 372 g/mol. The maximum atomic E-state index is 6.03. The largest absolute Gasteiger partial charge is 0.378 e. The summed E-state index contributed by atoms with van der Waals surface area (Å²) in [5, 5.41) is 4.09. The van der Waals surface area contributed by atoms with Crippen molar-refractivity contribution in [1.82, 2.24) is 10.2 Å².